The third-order valence-corrected chi connectivity index (χ3v) is 8.31. The summed E-state index contributed by atoms with van der Waals surface area (Å²) in [5, 5.41) is 15.3. The molecular formula is C37H69N5O3. The van der Waals surface area contributed by atoms with E-state index in [1.165, 1.54) is 18.4 Å². The fourth-order valence-electron chi connectivity index (χ4n) is 5.15. The number of allylic oxidation sites excluding steroid dienone is 1. The highest BCUT2D eigenvalue weighted by molar-refractivity contribution is 5.75. The van der Waals surface area contributed by atoms with Crippen molar-refractivity contribution in [2.75, 3.05) is 26.4 Å². The van der Waals surface area contributed by atoms with E-state index in [0.29, 0.717) is 37.5 Å². The van der Waals surface area contributed by atoms with Gasteiger partial charge in [0.05, 0.1) is 24.5 Å². The van der Waals surface area contributed by atoms with Gasteiger partial charge in [-0.2, -0.15) is 0 Å². The molecule has 0 aliphatic heterocycles. The monoisotopic (exact) mass is 632 g/mol. The molecule has 0 aromatic carbocycles. The van der Waals surface area contributed by atoms with Gasteiger partial charge in [0.15, 0.2) is 0 Å². The molecular weight excluding hydrogens is 562 g/mol. The molecule has 8 heteroatoms. The minimum Gasteiger partial charge on any atom is -0.384 e. The number of nitrogens with one attached hydrogen (secondary N) is 2. The first-order valence-electron chi connectivity index (χ1n) is 17.7. The number of hydrogen-bond acceptors (Lipinski definition) is 6. The van der Waals surface area contributed by atoms with Crippen LogP contribution < -0.4 is 10.6 Å². The molecule has 1 amide bonds. The molecule has 0 bridgehead atoms. The van der Waals surface area contributed by atoms with E-state index in [-0.39, 0.29) is 16.9 Å². The minimum absolute atomic E-state index is 0.0718. The molecule has 0 saturated carbocycles. The number of aromatic nitrogens is 3. The maximum Gasteiger partial charge on any atom is 0.220 e. The third-order valence-electron chi connectivity index (χ3n) is 8.31. The lowest BCUT2D eigenvalue weighted by atomic mass is 9.80. The number of rotatable bonds is 27. The lowest BCUT2D eigenvalue weighted by Crippen LogP contribution is -2.36. The average Bonchev–Trinajstić information content (AvgIpc) is 3.41. The molecule has 0 aliphatic rings. The molecule has 1 atom stereocenters. The number of unbranched alkanes of at least 4 members (excludes halogenated alkanes) is 3. The standard InChI is InChI=1S/C37H69N5O3/c1-12-13-19-34(27-44-26-29(2)3)39-31(6)18-15-14-16-24-42-25-33(40-41-42)20-17-21-35(43)38-23-22-37(10,11)45-28-36(8,9)32(7)30(4)5/h25,29-30,34,39H,6-7,12-24,26-28H2,1-5,8-11H3,(H,38,43). The predicted molar refractivity (Wildman–Crippen MR) is 188 cm³/mol. The Morgan fingerprint density at radius 3 is 2.40 bits per heavy atom. The van der Waals surface area contributed by atoms with Gasteiger partial charge in [-0.1, -0.05) is 91.7 Å². The largest absolute Gasteiger partial charge is 0.384 e. The van der Waals surface area contributed by atoms with Gasteiger partial charge >= 0.3 is 0 Å². The topological polar surface area (TPSA) is 90.3 Å². The summed E-state index contributed by atoms with van der Waals surface area (Å²) in [6.07, 6.45) is 12.5. The average molecular weight is 632 g/mol. The zero-order chi connectivity index (χ0) is 33.9. The smallest absolute Gasteiger partial charge is 0.220 e. The Bertz CT molecular complexity index is 982. The highest BCUT2D eigenvalue weighted by atomic mass is 16.5. The second kappa shape index (κ2) is 21.6. The van der Waals surface area contributed by atoms with Crippen molar-refractivity contribution in [3.05, 3.63) is 36.3 Å². The van der Waals surface area contributed by atoms with E-state index in [0.717, 1.165) is 82.5 Å². The molecule has 45 heavy (non-hydrogen) atoms. The van der Waals surface area contributed by atoms with Gasteiger partial charge in [0.2, 0.25) is 5.91 Å². The summed E-state index contributed by atoms with van der Waals surface area (Å²) in [6, 6.07) is 0.348. The second-order valence-electron chi connectivity index (χ2n) is 14.9. The van der Waals surface area contributed by atoms with Gasteiger partial charge in [-0.05, 0) is 70.6 Å². The van der Waals surface area contributed by atoms with Crippen molar-refractivity contribution >= 4 is 5.91 Å². The number of amides is 1. The van der Waals surface area contributed by atoms with E-state index >= 15 is 0 Å². The van der Waals surface area contributed by atoms with Crippen LogP contribution >= 0.6 is 0 Å². The summed E-state index contributed by atoms with van der Waals surface area (Å²) in [4.78, 5) is 12.4. The Labute approximate surface area is 276 Å². The van der Waals surface area contributed by atoms with Crippen LogP contribution in [0.4, 0.5) is 0 Å². The fraction of sp³-hybridized carbons (Fsp3) is 0.811. The number of carbonyl (C=O) groups is 1. The zero-order valence-electron chi connectivity index (χ0n) is 30.6. The Morgan fingerprint density at radius 1 is 1.00 bits per heavy atom. The van der Waals surface area contributed by atoms with Crippen LogP contribution in [0.5, 0.6) is 0 Å². The maximum atomic E-state index is 12.4. The molecule has 0 fully saturated rings. The molecule has 1 rings (SSSR count). The summed E-state index contributed by atoms with van der Waals surface area (Å²) >= 11 is 0. The van der Waals surface area contributed by atoms with Gasteiger partial charge < -0.3 is 20.1 Å². The van der Waals surface area contributed by atoms with Crippen molar-refractivity contribution in [2.24, 2.45) is 17.3 Å². The lowest BCUT2D eigenvalue weighted by molar-refractivity contribution is -0.121. The van der Waals surface area contributed by atoms with E-state index in [9.17, 15) is 4.79 Å². The lowest BCUT2D eigenvalue weighted by Gasteiger charge is -2.34. The minimum atomic E-state index is -0.315. The summed E-state index contributed by atoms with van der Waals surface area (Å²) in [6.45, 7) is 31.6. The third kappa shape index (κ3) is 19.2. The van der Waals surface area contributed by atoms with Crippen molar-refractivity contribution in [1.82, 2.24) is 25.6 Å². The van der Waals surface area contributed by atoms with Crippen LogP contribution in [0.2, 0.25) is 0 Å². The first-order valence-corrected chi connectivity index (χ1v) is 17.7. The number of aryl methyl sites for hydroxylation is 2. The predicted octanol–water partition coefficient (Wildman–Crippen LogP) is 8.04. The highest BCUT2D eigenvalue weighted by Crippen LogP contribution is 2.32. The van der Waals surface area contributed by atoms with Crippen molar-refractivity contribution in [1.29, 1.82) is 0 Å². The Hall–Kier alpha value is -2.19. The Balaban J connectivity index is 2.23. The summed E-state index contributed by atoms with van der Waals surface area (Å²) in [7, 11) is 0. The first kappa shape index (κ1) is 40.8. The number of carbonyl (C=O) groups excluding carboxylic acids is 1. The molecule has 0 spiro atoms. The van der Waals surface area contributed by atoms with Crippen LogP contribution in [-0.2, 0) is 27.2 Å². The van der Waals surface area contributed by atoms with E-state index in [4.69, 9.17) is 9.47 Å². The van der Waals surface area contributed by atoms with E-state index < -0.39 is 0 Å². The molecule has 1 heterocycles. The fourth-order valence-corrected chi connectivity index (χ4v) is 5.15. The van der Waals surface area contributed by atoms with Crippen molar-refractivity contribution < 1.29 is 14.3 Å². The van der Waals surface area contributed by atoms with Crippen LogP contribution in [0.1, 0.15) is 132 Å². The van der Waals surface area contributed by atoms with Crippen LogP contribution in [0.15, 0.2) is 30.6 Å². The molecule has 1 aromatic rings. The van der Waals surface area contributed by atoms with E-state index in [2.05, 4.69) is 96.4 Å². The Morgan fingerprint density at radius 2 is 1.73 bits per heavy atom. The normalized spacial score (nSPS) is 13.0. The number of nitrogens with zero attached hydrogens (tertiary/aromatic N) is 3. The molecule has 0 saturated heterocycles. The van der Waals surface area contributed by atoms with E-state index in [1.807, 2.05) is 10.9 Å². The molecule has 1 unspecified atom stereocenters. The van der Waals surface area contributed by atoms with Crippen molar-refractivity contribution in [2.45, 2.75) is 151 Å². The highest BCUT2D eigenvalue weighted by Gasteiger charge is 2.28. The van der Waals surface area contributed by atoms with Crippen molar-refractivity contribution in [3.8, 4) is 0 Å². The Kier molecular flexibility index (Phi) is 19.6. The van der Waals surface area contributed by atoms with Gasteiger partial charge in [-0.3, -0.25) is 9.48 Å². The summed E-state index contributed by atoms with van der Waals surface area (Å²) in [5.41, 5.74) is 2.86. The van der Waals surface area contributed by atoms with Crippen LogP contribution in [-0.4, -0.2) is 58.9 Å². The zero-order valence-corrected chi connectivity index (χ0v) is 30.6. The molecule has 2 N–H and O–H groups in total. The van der Waals surface area contributed by atoms with Gasteiger partial charge in [-0.15, -0.1) is 5.10 Å². The number of hydrogen-bond donors (Lipinski definition) is 2. The van der Waals surface area contributed by atoms with Crippen LogP contribution in [0, 0.1) is 17.3 Å². The first-order chi connectivity index (χ1) is 21.1. The van der Waals surface area contributed by atoms with Crippen molar-refractivity contribution in [3.63, 3.8) is 0 Å². The summed E-state index contributed by atoms with van der Waals surface area (Å²) in [5.74, 6) is 1.05. The van der Waals surface area contributed by atoms with E-state index in [1.54, 1.807) is 0 Å². The van der Waals surface area contributed by atoms with Gasteiger partial charge in [0.1, 0.15) is 0 Å². The van der Waals surface area contributed by atoms with Gasteiger partial charge in [-0.25, -0.2) is 0 Å². The molecule has 8 nitrogen and oxygen atoms in total. The molecule has 0 radical (unpaired) electrons. The summed E-state index contributed by atoms with van der Waals surface area (Å²) < 4.78 is 14.1. The maximum absolute atomic E-state index is 12.4. The second-order valence-corrected chi connectivity index (χ2v) is 14.9. The van der Waals surface area contributed by atoms with Gasteiger partial charge in [0.25, 0.3) is 0 Å². The molecule has 260 valence electrons. The van der Waals surface area contributed by atoms with Crippen LogP contribution in [0.25, 0.3) is 0 Å². The molecule has 0 aliphatic carbocycles. The molecule has 1 aromatic heterocycles. The van der Waals surface area contributed by atoms with Gasteiger partial charge in [0, 0.05) is 49.5 Å². The number of ether oxygens (including phenoxy) is 2. The quantitative estimate of drug-likeness (QED) is 0.0755. The SMILES string of the molecule is C=C(CCCCCn1cc(CCCC(=O)NCCC(C)(C)OCC(C)(C)C(=C)C(C)C)nn1)NC(CCCC)COCC(C)C. The van der Waals surface area contributed by atoms with Crippen LogP contribution in [0.3, 0.4) is 0 Å².